The van der Waals surface area contributed by atoms with E-state index < -0.39 is 0 Å². The molecule has 3 rings (SSSR count). The van der Waals surface area contributed by atoms with Gasteiger partial charge in [0.25, 0.3) is 0 Å². The van der Waals surface area contributed by atoms with Crippen LogP contribution in [-0.4, -0.2) is 19.8 Å². The maximum Gasteiger partial charge on any atom is 0.364 e. The van der Waals surface area contributed by atoms with Crippen LogP contribution in [0.2, 0.25) is 5.02 Å². The number of aromatic amines is 1. The first kappa shape index (κ1) is 11.0. The fourth-order valence-corrected chi connectivity index (χ4v) is 1.93. The van der Waals surface area contributed by atoms with Crippen LogP contribution in [0.5, 0.6) is 0 Å². The van der Waals surface area contributed by atoms with Gasteiger partial charge in [0, 0.05) is 10.6 Å². The van der Waals surface area contributed by atoms with Crippen LogP contribution in [0.15, 0.2) is 35.1 Å². The SMILES string of the molecule is Cc1cc(-c2ccc(Cl)cc2)nn2c(=O)[nH]nc12. The number of hydrogen-bond donors (Lipinski definition) is 1. The van der Waals surface area contributed by atoms with E-state index in [4.69, 9.17) is 11.6 Å². The van der Waals surface area contributed by atoms with Gasteiger partial charge in [-0.15, -0.1) is 0 Å². The van der Waals surface area contributed by atoms with Crippen LogP contribution in [-0.2, 0) is 0 Å². The molecule has 5 nitrogen and oxygen atoms in total. The van der Waals surface area contributed by atoms with Crippen LogP contribution >= 0.6 is 11.6 Å². The van der Waals surface area contributed by atoms with Crippen molar-refractivity contribution in [2.24, 2.45) is 0 Å². The molecular formula is C12H9ClN4O. The number of halogens is 1. The molecule has 0 amide bonds. The Morgan fingerprint density at radius 1 is 1.28 bits per heavy atom. The smallest absolute Gasteiger partial charge is 0.244 e. The first-order chi connectivity index (χ1) is 8.65. The van der Waals surface area contributed by atoms with Gasteiger partial charge in [-0.1, -0.05) is 23.7 Å². The lowest BCUT2D eigenvalue weighted by Gasteiger charge is -2.03. The second kappa shape index (κ2) is 3.96. The largest absolute Gasteiger partial charge is 0.364 e. The predicted octanol–water partition coefficient (Wildman–Crippen LogP) is 2.05. The second-order valence-electron chi connectivity index (χ2n) is 3.98. The van der Waals surface area contributed by atoms with Crippen molar-refractivity contribution in [1.29, 1.82) is 0 Å². The third kappa shape index (κ3) is 1.69. The lowest BCUT2D eigenvalue weighted by atomic mass is 10.1. The van der Waals surface area contributed by atoms with Crippen LogP contribution in [0.1, 0.15) is 5.56 Å². The van der Waals surface area contributed by atoms with E-state index in [1.54, 1.807) is 12.1 Å². The predicted molar refractivity (Wildman–Crippen MR) is 68.8 cm³/mol. The molecule has 0 spiro atoms. The number of aromatic nitrogens is 4. The number of rotatable bonds is 1. The molecule has 6 heteroatoms. The molecule has 2 aromatic heterocycles. The van der Waals surface area contributed by atoms with E-state index in [-0.39, 0.29) is 5.69 Å². The Labute approximate surface area is 107 Å². The third-order valence-electron chi connectivity index (χ3n) is 2.70. The van der Waals surface area contributed by atoms with Gasteiger partial charge in [-0.05, 0) is 30.7 Å². The zero-order valence-electron chi connectivity index (χ0n) is 9.51. The maximum absolute atomic E-state index is 11.5. The Bertz CT molecular complexity index is 773. The molecule has 0 aliphatic heterocycles. The molecular weight excluding hydrogens is 252 g/mol. The normalized spacial score (nSPS) is 11.0. The van der Waals surface area contributed by atoms with Crippen LogP contribution in [0.3, 0.4) is 0 Å². The summed E-state index contributed by atoms with van der Waals surface area (Å²) in [6.07, 6.45) is 0. The lowest BCUT2D eigenvalue weighted by molar-refractivity contribution is 0.881. The summed E-state index contributed by atoms with van der Waals surface area (Å²) in [4.78, 5) is 11.5. The monoisotopic (exact) mass is 260 g/mol. The van der Waals surface area contributed by atoms with E-state index in [2.05, 4.69) is 15.3 Å². The quantitative estimate of drug-likeness (QED) is 0.728. The Morgan fingerprint density at radius 2 is 2.00 bits per heavy atom. The maximum atomic E-state index is 11.5. The zero-order chi connectivity index (χ0) is 12.7. The van der Waals surface area contributed by atoms with Gasteiger partial charge in [-0.25, -0.2) is 9.89 Å². The molecule has 1 aromatic carbocycles. The second-order valence-corrected chi connectivity index (χ2v) is 4.42. The molecule has 0 radical (unpaired) electrons. The molecule has 0 fully saturated rings. The van der Waals surface area contributed by atoms with Crippen molar-refractivity contribution < 1.29 is 0 Å². The van der Waals surface area contributed by atoms with E-state index in [0.29, 0.717) is 16.4 Å². The summed E-state index contributed by atoms with van der Waals surface area (Å²) in [6, 6.07) is 9.19. The summed E-state index contributed by atoms with van der Waals surface area (Å²) >= 11 is 5.84. The standard InChI is InChI=1S/C12H9ClN4O/c1-7-6-10(8-2-4-9(13)5-3-8)16-17-11(7)14-15-12(17)18/h2-6H,1H3,(H,15,18). The minimum atomic E-state index is -0.344. The van der Waals surface area contributed by atoms with Crippen LogP contribution in [0.4, 0.5) is 0 Å². The molecule has 0 bridgehead atoms. The highest BCUT2D eigenvalue weighted by atomic mass is 35.5. The van der Waals surface area contributed by atoms with Crippen molar-refractivity contribution in [3.8, 4) is 11.3 Å². The molecule has 0 saturated carbocycles. The minimum absolute atomic E-state index is 0.344. The molecule has 90 valence electrons. The highest BCUT2D eigenvalue weighted by molar-refractivity contribution is 6.30. The average molecular weight is 261 g/mol. The van der Waals surface area contributed by atoms with E-state index in [0.717, 1.165) is 11.1 Å². The third-order valence-corrected chi connectivity index (χ3v) is 2.96. The molecule has 0 unspecified atom stereocenters. The van der Waals surface area contributed by atoms with Gasteiger partial charge in [0.15, 0.2) is 5.65 Å². The first-order valence-corrected chi connectivity index (χ1v) is 5.74. The van der Waals surface area contributed by atoms with Gasteiger partial charge < -0.3 is 0 Å². The van der Waals surface area contributed by atoms with Crippen molar-refractivity contribution in [2.75, 3.05) is 0 Å². The van der Waals surface area contributed by atoms with Crippen LogP contribution in [0.25, 0.3) is 16.9 Å². The van der Waals surface area contributed by atoms with Crippen molar-refractivity contribution in [1.82, 2.24) is 19.8 Å². The molecule has 0 saturated heterocycles. The van der Waals surface area contributed by atoms with E-state index in [1.807, 2.05) is 25.1 Å². The Kier molecular flexibility index (Phi) is 2.41. The van der Waals surface area contributed by atoms with Gasteiger partial charge in [-0.3, -0.25) is 0 Å². The van der Waals surface area contributed by atoms with E-state index in [1.165, 1.54) is 4.52 Å². The summed E-state index contributed by atoms with van der Waals surface area (Å²) in [5.41, 5.74) is 2.69. The van der Waals surface area contributed by atoms with Crippen LogP contribution in [0, 0.1) is 6.92 Å². The topological polar surface area (TPSA) is 63.1 Å². The minimum Gasteiger partial charge on any atom is -0.244 e. The Balaban J connectivity index is 2.26. The number of nitrogens with one attached hydrogen (secondary N) is 1. The average Bonchev–Trinajstić information content (AvgIpc) is 2.73. The highest BCUT2D eigenvalue weighted by Crippen LogP contribution is 2.20. The van der Waals surface area contributed by atoms with E-state index >= 15 is 0 Å². The van der Waals surface area contributed by atoms with Crippen molar-refractivity contribution >= 4 is 17.2 Å². The van der Waals surface area contributed by atoms with Crippen molar-refractivity contribution in [3.05, 3.63) is 51.4 Å². The number of hydrogen-bond acceptors (Lipinski definition) is 3. The Hall–Kier alpha value is -2.14. The summed E-state index contributed by atoms with van der Waals surface area (Å²) < 4.78 is 1.26. The molecule has 0 aliphatic rings. The summed E-state index contributed by atoms with van der Waals surface area (Å²) in [5.74, 6) is 0. The van der Waals surface area contributed by atoms with Gasteiger partial charge in [-0.2, -0.15) is 14.7 Å². The molecule has 18 heavy (non-hydrogen) atoms. The van der Waals surface area contributed by atoms with Crippen molar-refractivity contribution in [2.45, 2.75) is 6.92 Å². The zero-order valence-corrected chi connectivity index (χ0v) is 10.3. The molecule has 1 N–H and O–H groups in total. The lowest BCUT2D eigenvalue weighted by Crippen LogP contribution is -2.13. The molecule has 0 aliphatic carbocycles. The fraction of sp³-hybridized carbons (Fsp3) is 0.0833. The molecule has 3 aromatic rings. The number of fused-ring (bicyclic) bond motifs is 1. The number of aryl methyl sites for hydroxylation is 1. The van der Waals surface area contributed by atoms with Crippen LogP contribution < -0.4 is 5.69 Å². The van der Waals surface area contributed by atoms with Gasteiger partial charge in [0.2, 0.25) is 0 Å². The highest BCUT2D eigenvalue weighted by Gasteiger charge is 2.08. The first-order valence-electron chi connectivity index (χ1n) is 5.36. The summed E-state index contributed by atoms with van der Waals surface area (Å²) in [7, 11) is 0. The number of H-pyrrole nitrogens is 1. The molecule has 0 atom stereocenters. The van der Waals surface area contributed by atoms with Gasteiger partial charge in [0.1, 0.15) is 0 Å². The van der Waals surface area contributed by atoms with Gasteiger partial charge >= 0.3 is 5.69 Å². The summed E-state index contributed by atoms with van der Waals surface area (Å²) in [5, 5.41) is 11.2. The van der Waals surface area contributed by atoms with Crippen molar-refractivity contribution in [3.63, 3.8) is 0 Å². The van der Waals surface area contributed by atoms with E-state index in [9.17, 15) is 4.79 Å². The molecule has 2 heterocycles. The fourth-order valence-electron chi connectivity index (χ4n) is 1.81. The van der Waals surface area contributed by atoms with Gasteiger partial charge in [0.05, 0.1) is 5.69 Å². The Morgan fingerprint density at radius 3 is 2.72 bits per heavy atom. The number of nitrogens with zero attached hydrogens (tertiary/aromatic N) is 3. The summed E-state index contributed by atoms with van der Waals surface area (Å²) in [6.45, 7) is 1.89. The number of benzene rings is 1.